The number of benzene rings is 2. The first kappa shape index (κ1) is 13.3. The summed E-state index contributed by atoms with van der Waals surface area (Å²) in [5.74, 6) is 0.191. The number of hydrogen-bond acceptors (Lipinski definition) is 2. The molecule has 0 aliphatic rings. The highest BCUT2D eigenvalue weighted by Crippen LogP contribution is 2.19. The summed E-state index contributed by atoms with van der Waals surface area (Å²) in [6.07, 6.45) is 0. The highest BCUT2D eigenvalue weighted by atomic mass is 16.1. The number of hydrogen-bond donors (Lipinski definition) is 1. The first-order valence-electron chi connectivity index (χ1n) is 6.59. The van der Waals surface area contributed by atoms with E-state index in [1.165, 1.54) is 5.56 Å². The van der Waals surface area contributed by atoms with Gasteiger partial charge in [-0.3, -0.25) is 4.79 Å². The molecule has 0 aliphatic heterocycles. The van der Waals surface area contributed by atoms with Gasteiger partial charge >= 0.3 is 0 Å². The van der Waals surface area contributed by atoms with Crippen LogP contribution in [-0.2, 0) is 6.54 Å². The molecular formula is C17H19NO. The Morgan fingerprint density at radius 1 is 1.00 bits per heavy atom. The van der Waals surface area contributed by atoms with Crippen molar-refractivity contribution >= 4 is 11.5 Å². The zero-order valence-electron chi connectivity index (χ0n) is 11.4. The molecule has 2 heteroatoms. The van der Waals surface area contributed by atoms with Gasteiger partial charge in [0.25, 0.3) is 0 Å². The highest BCUT2D eigenvalue weighted by Gasteiger charge is 2.13. The molecule has 0 heterocycles. The monoisotopic (exact) mass is 253 g/mol. The molecule has 0 aliphatic carbocycles. The van der Waals surface area contributed by atoms with Crippen LogP contribution in [-0.4, -0.2) is 5.78 Å². The molecular weight excluding hydrogens is 234 g/mol. The van der Waals surface area contributed by atoms with Gasteiger partial charge in [0, 0.05) is 23.7 Å². The Labute approximate surface area is 114 Å². The number of nitrogens with one attached hydrogen (secondary N) is 1. The molecule has 2 nitrogen and oxygen atoms in total. The largest absolute Gasteiger partial charge is 0.380 e. The van der Waals surface area contributed by atoms with Crippen LogP contribution < -0.4 is 5.32 Å². The Balaban J connectivity index is 2.14. The van der Waals surface area contributed by atoms with Crippen molar-refractivity contribution in [3.63, 3.8) is 0 Å². The maximum Gasteiger partial charge on any atom is 0.167 e. The van der Waals surface area contributed by atoms with Crippen molar-refractivity contribution in [2.45, 2.75) is 20.4 Å². The third kappa shape index (κ3) is 3.44. The Morgan fingerprint density at radius 2 is 1.63 bits per heavy atom. The number of carbonyl (C=O) groups excluding carboxylic acids is 1. The topological polar surface area (TPSA) is 29.1 Å². The molecule has 0 aromatic heterocycles. The molecule has 0 radical (unpaired) electrons. The lowest BCUT2D eigenvalue weighted by atomic mass is 9.99. The van der Waals surface area contributed by atoms with Crippen molar-refractivity contribution in [1.82, 2.24) is 0 Å². The summed E-state index contributed by atoms with van der Waals surface area (Å²) >= 11 is 0. The van der Waals surface area contributed by atoms with Crippen LogP contribution in [0.2, 0.25) is 0 Å². The molecule has 98 valence electrons. The number of carbonyl (C=O) groups is 1. The summed E-state index contributed by atoms with van der Waals surface area (Å²) in [5, 5.41) is 3.34. The molecule has 0 bridgehead atoms. The van der Waals surface area contributed by atoms with Crippen LogP contribution in [0.15, 0.2) is 54.6 Å². The third-order valence-electron chi connectivity index (χ3n) is 3.04. The van der Waals surface area contributed by atoms with E-state index in [0.29, 0.717) is 0 Å². The van der Waals surface area contributed by atoms with Gasteiger partial charge in [0.1, 0.15) is 0 Å². The van der Waals surface area contributed by atoms with Gasteiger partial charge in [0.15, 0.2) is 5.78 Å². The van der Waals surface area contributed by atoms with Gasteiger partial charge in [-0.2, -0.15) is 0 Å². The maximum atomic E-state index is 12.1. The van der Waals surface area contributed by atoms with Gasteiger partial charge in [-0.25, -0.2) is 0 Å². The minimum absolute atomic E-state index is 0.0136. The van der Waals surface area contributed by atoms with Crippen molar-refractivity contribution in [3.8, 4) is 0 Å². The minimum atomic E-state index is 0.0136. The van der Waals surface area contributed by atoms with Gasteiger partial charge < -0.3 is 5.32 Å². The van der Waals surface area contributed by atoms with Crippen LogP contribution in [0.4, 0.5) is 5.69 Å². The molecule has 2 aromatic rings. The van der Waals surface area contributed by atoms with E-state index in [0.717, 1.165) is 17.8 Å². The quantitative estimate of drug-likeness (QED) is 0.811. The highest BCUT2D eigenvalue weighted by molar-refractivity contribution is 6.02. The van der Waals surface area contributed by atoms with Crippen molar-refractivity contribution in [2.75, 3.05) is 5.32 Å². The minimum Gasteiger partial charge on any atom is -0.380 e. The lowest BCUT2D eigenvalue weighted by Gasteiger charge is -2.12. The summed E-state index contributed by atoms with van der Waals surface area (Å²) in [4.78, 5) is 12.1. The van der Waals surface area contributed by atoms with Crippen molar-refractivity contribution in [1.29, 1.82) is 0 Å². The van der Waals surface area contributed by atoms with Gasteiger partial charge in [-0.15, -0.1) is 0 Å². The predicted octanol–water partition coefficient (Wildman–Crippen LogP) is 4.14. The zero-order chi connectivity index (χ0) is 13.7. The van der Waals surface area contributed by atoms with Crippen LogP contribution in [0, 0.1) is 5.92 Å². The van der Waals surface area contributed by atoms with Crippen molar-refractivity contribution in [3.05, 3.63) is 65.7 Å². The average Bonchev–Trinajstić information content (AvgIpc) is 2.45. The molecule has 0 atom stereocenters. The molecule has 19 heavy (non-hydrogen) atoms. The summed E-state index contributed by atoms with van der Waals surface area (Å²) in [7, 11) is 0. The summed E-state index contributed by atoms with van der Waals surface area (Å²) in [6, 6.07) is 17.9. The van der Waals surface area contributed by atoms with Crippen LogP contribution in [0.5, 0.6) is 0 Å². The summed E-state index contributed by atoms with van der Waals surface area (Å²) in [5.41, 5.74) is 2.88. The number of para-hydroxylation sites is 1. The fourth-order valence-electron chi connectivity index (χ4n) is 1.96. The molecule has 0 amide bonds. The van der Waals surface area contributed by atoms with E-state index in [4.69, 9.17) is 0 Å². The van der Waals surface area contributed by atoms with E-state index in [1.54, 1.807) is 0 Å². The molecule has 0 saturated carbocycles. The Bertz CT molecular complexity index is 546. The van der Waals surface area contributed by atoms with Gasteiger partial charge in [-0.1, -0.05) is 56.3 Å². The van der Waals surface area contributed by atoms with Crippen LogP contribution in [0.1, 0.15) is 29.8 Å². The molecule has 0 saturated heterocycles. The fraction of sp³-hybridized carbons (Fsp3) is 0.235. The number of ketones is 1. The fourth-order valence-corrected chi connectivity index (χ4v) is 1.96. The lowest BCUT2D eigenvalue weighted by molar-refractivity contribution is 0.0940. The normalized spacial score (nSPS) is 10.5. The van der Waals surface area contributed by atoms with Gasteiger partial charge in [0.2, 0.25) is 0 Å². The van der Waals surface area contributed by atoms with E-state index in [-0.39, 0.29) is 11.7 Å². The second-order valence-corrected chi connectivity index (χ2v) is 4.90. The number of anilines is 1. The van der Waals surface area contributed by atoms with Crippen LogP contribution in [0.25, 0.3) is 0 Å². The molecule has 2 aromatic carbocycles. The summed E-state index contributed by atoms with van der Waals surface area (Å²) < 4.78 is 0. The van der Waals surface area contributed by atoms with Crippen LogP contribution in [0.3, 0.4) is 0 Å². The second kappa shape index (κ2) is 6.19. The second-order valence-electron chi connectivity index (χ2n) is 4.90. The Kier molecular flexibility index (Phi) is 4.35. The first-order valence-corrected chi connectivity index (χ1v) is 6.59. The Hall–Kier alpha value is -2.09. The van der Waals surface area contributed by atoms with Gasteiger partial charge in [0.05, 0.1) is 0 Å². The van der Waals surface area contributed by atoms with Gasteiger partial charge in [-0.05, 0) is 17.7 Å². The summed E-state index contributed by atoms with van der Waals surface area (Å²) in [6.45, 7) is 4.58. The Morgan fingerprint density at radius 3 is 2.32 bits per heavy atom. The lowest BCUT2D eigenvalue weighted by Crippen LogP contribution is -2.11. The molecule has 0 fully saturated rings. The van der Waals surface area contributed by atoms with E-state index in [1.807, 2.05) is 56.3 Å². The van der Waals surface area contributed by atoms with Crippen molar-refractivity contribution < 1.29 is 4.79 Å². The molecule has 1 N–H and O–H groups in total. The van der Waals surface area contributed by atoms with Crippen molar-refractivity contribution in [2.24, 2.45) is 5.92 Å². The molecule has 0 unspecified atom stereocenters. The molecule has 0 spiro atoms. The molecule has 2 rings (SSSR count). The smallest absolute Gasteiger partial charge is 0.167 e. The van der Waals surface area contributed by atoms with E-state index < -0.39 is 0 Å². The van der Waals surface area contributed by atoms with E-state index in [9.17, 15) is 4.79 Å². The van der Waals surface area contributed by atoms with E-state index in [2.05, 4.69) is 17.4 Å². The van der Waals surface area contributed by atoms with E-state index >= 15 is 0 Å². The predicted molar refractivity (Wildman–Crippen MR) is 79.4 cm³/mol. The first-order chi connectivity index (χ1) is 9.18. The SMILES string of the molecule is CC(C)C(=O)c1ccccc1NCc1ccccc1. The third-order valence-corrected chi connectivity index (χ3v) is 3.04. The average molecular weight is 253 g/mol. The van der Waals surface area contributed by atoms with Crippen LogP contribution >= 0.6 is 0 Å². The standard InChI is InChI=1S/C17H19NO/c1-13(2)17(19)15-10-6-7-11-16(15)18-12-14-8-4-3-5-9-14/h3-11,13,18H,12H2,1-2H3. The number of Topliss-reactive ketones (excluding diaryl/α,β-unsaturated/α-hetero) is 1. The maximum absolute atomic E-state index is 12.1. The zero-order valence-corrected chi connectivity index (χ0v) is 11.4. The number of rotatable bonds is 5.